The number of urea groups is 1. The van der Waals surface area contributed by atoms with Gasteiger partial charge in [-0.1, -0.05) is 30.3 Å². The Bertz CT molecular complexity index is 840. The van der Waals surface area contributed by atoms with Gasteiger partial charge in [-0.2, -0.15) is 0 Å². The molecule has 1 saturated heterocycles. The number of rotatable bonds is 8. The van der Waals surface area contributed by atoms with Gasteiger partial charge in [0.05, 0.1) is 19.9 Å². The van der Waals surface area contributed by atoms with Crippen molar-refractivity contribution in [2.24, 2.45) is 0 Å². The summed E-state index contributed by atoms with van der Waals surface area (Å²) in [7, 11) is 3.20. The first-order chi connectivity index (χ1) is 13.6. The largest absolute Gasteiger partial charge is 0.496 e. The van der Waals surface area contributed by atoms with Crippen molar-refractivity contribution in [1.82, 2.24) is 10.2 Å². The minimum atomic E-state index is -0.190. The Labute approximate surface area is 164 Å². The molecule has 1 aliphatic heterocycles. The maximum Gasteiger partial charge on any atom is 0.325 e. The summed E-state index contributed by atoms with van der Waals surface area (Å²) in [6, 6.07) is 14.9. The highest BCUT2D eigenvalue weighted by atomic mass is 16.5. The zero-order chi connectivity index (χ0) is 19.9. The third-order valence-corrected chi connectivity index (χ3v) is 4.71. The Balaban J connectivity index is 1.52. The van der Waals surface area contributed by atoms with Crippen molar-refractivity contribution < 1.29 is 19.1 Å². The molecule has 3 rings (SSSR count). The molecule has 3 amide bonds. The van der Waals surface area contributed by atoms with E-state index in [1.165, 1.54) is 0 Å². The number of ether oxygens (including phenoxy) is 2. The van der Waals surface area contributed by atoms with Gasteiger partial charge in [-0.05, 0) is 30.2 Å². The van der Waals surface area contributed by atoms with Crippen molar-refractivity contribution in [2.45, 2.75) is 6.42 Å². The number of nitrogens with one attached hydrogen (secondary N) is 1. The third kappa shape index (κ3) is 4.36. The Kier molecular flexibility index (Phi) is 6.37. The molecular formula is C21H25N3O4. The van der Waals surface area contributed by atoms with Gasteiger partial charge < -0.3 is 19.7 Å². The van der Waals surface area contributed by atoms with Gasteiger partial charge in [-0.25, -0.2) is 4.79 Å². The summed E-state index contributed by atoms with van der Waals surface area (Å²) in [5.41, 5.74) is 1.75. The highest BCUT2D eigenvalue weighted by Gasteiger charge is 2.32. The zero-order valence-electron chi connectivity index (χ0n) is 16.2. The van der Waals surface area contributed by atoms with Crippen molar-refractivity contribution in [3.8, 4) is 11.5 Å². The standard InChI is InChI=1S/C21H25N3O4/c1-27-18-9-5-3-7-16(18)11-12-22-20(25)15-23-13-14-24(21(23)26)17-8-4-6-10-19(17)28-2/h3-10H,11-15H2,1-2H3,(H,22,25). The molecule has 2 aromatic rings. The van der Waals surface area contributed by atoms with E-state index in [2.05, 4.69) is 5.32 Å². The molecule has 0 spiro atoms. The lowest BCUT2D eigenvalue weighted by Crippen LogP contribution is -2.40. The second-order valence-corrected chi connectivity index (χ2v) is 6.44. The van der Waals surface area contributed by atoms with Crippen molar-refractivity contribution in [1.29, 1.82) is 0 Å². The van der Waals surface area contributed by atoms with Gasteiger partial charge in [0.25, 0.3) is 0 Å². The van der Waals surface area contributed by atoms with Gasteiger partial charge in [-0.3, -0.25) is 9.69 Å². The number of amides is 3. The quantitative estimate of drug-likeness (QED) is 0.759. The molecule has 7 heteroatoms. The van der Waals surface area contributed by atoms with Gasteiger partial charge in [0.1, 0.15) is 18.0 Å². The molecule has 2 aromatic carbocycles. The van der Waals surface area contributed by atoms with Crippen LogP contribution in [0.5, 0.6) is 11.5 Å². The molecule has 148 valence electrons. The molecular weight excluding hydrogens is 358 g/mol. The molecule has 0 bridgehead atoms. The van der Waals surface area contributed by atoms with Gasteiger partial charge in [0.2, 0.25) is 5.91 Å². The summed E-state index contributed by atoms with van der Waals surface area (Å²) < 4.78 is 10.7. The molecule has 0 saturated carbocycles. The maximum absolute atomic E-state index is 12.7. The van der Waals surface area contributed by atoms with Crippen molar-refractivity contribution >= 4 is 17.6 Å². The molecule has 1 N–H and O–H groups in total. The highest BCUT2D eigenvalue weighted by Crippen LogP contribution is 2.30. The van der Waals surface area contributed by atoms with E-state index in [0.29, 0.717) is 37.5 Å². The fourth-order valence-corrected chi connectivity index (χ4v) is 3.28. The molecule has 7 nitrogen and oxygen atoms in total. The normalized spacial score (nSPS) is 13.6. The van der Waals surface area contributed by atoms with Gasteiger partial charge in [0, 0.05) is 19.6 Å². The SMILES string of the molecule is COc1ccccc1CCNC(=O)CN1CCN(c2ccccc2OC)C1=O. The molecule has 0 radical (unpaired) electrons. The van der Waals surface area contributed by atoms with Crippen LogP contribution in [0, 0.1) is 0 Å². The number of benzene rings is 2. The van der Waals surface area contributed by atoms with Crippen LogP contribution in [0.15, 0.2) is 48.5 Å². The van der Waals surface area contributed by atoms with Crippen molar-refractivity contribution in [3.05, 3.63) is 54.1 Å². The number of carbonyl (C=O) groups is 2. The van der Waals surface area contributed by atoms with Crippen LogP contribution in [0.4, 0.5) is 10.5 Å². The topological polar surface area (TPSA) is 71.1 Å². The third-order valence-electron chi connectivity index (χ3n) is 4.71. The number of hydrogen-bond acceptors (Lipinski definition) is 4. The van der Waals surface area contributed by atoms with Crippen LogP contribution in [-0.4, -0.2) is 57.2 Å². The summed E-state index contributed by atoms with van der Waals surface area (Å²) in [6.07, 6.45) is 0.664. The monoisotopic (exact) mass is 383 g/mol. The van der Waals surface area contributed by atoms with E-state index in [1.807, 2.05) is 48.5 Å². The lowest BCUT2D eigenvalue weighted by atomic mass is 10.1. The number of hydrogen-bond donors (Lipinski definition) is 1. The number of nitrogens with zero attached hydrogens (tertiary/aromatic N) is 2. The Morgan fingerprint density at radius 2 is 1.68 bits per heavy atom. The second kappa shape index (κ2) is 9.12. The fourth-order valence-electron chi connectivity index (χ4n) is 3.28. The van der Waals surface area contributed by atoms with Crippen LogP contribution in [-0.2, 0) is 11.2 Å². The smallest absolute Gasteiger partial charge is 0.325 e. The van der Waals surface area contributed by atoms with E-state index in [4.69, 9.17) is 9.47 Å². The Morgan fingerprint density at radius 1 is 1.00 bits per heavy atom. The van der Waals surface area contributed by atoms with Gasteiger partial charge in [0.15, 0.2) is 0 Å². The molecule has 0 aliphatic carbocycles. The average Bonchev–Trinajstić information content (AvgIpc) is 3.08. The van der Waals surface area contributed by atoms with E-state index in [0.717, 1.165) is 11.3 Å². The summed E-state index contributed by atoms with van der Waals surface area (Å²) >= 11 is 0. The van der Waals surface area contributed by atoms with Crippen LogP contribution in [0.3, 0.4) is 0 Å². The molecule has 1 fully saturated rings. The van der Waals surface area contributed by atoms with Crippen molar-refractivity contribution in [3.63, 3.8) is 0 Å². The molecule has 0 atom stereocenters. The number of carbonyl (C=O) groups excluding carboxylic acids is 2. The predicted octanol–water partition coefficient (Wildman–Crippen LogP) is 2.30. The van der Waals surface area contributed by atoms with Crippen LogP contribution in [0.1, 0.15) is 5.56 Å². The summed E-state index contributed by atoms with van der Waals surface area (Å²) in [6.45, 7) is 1.54. The zero-order valence-corrected chi connectivity index (χ0v) is 16.2. The molecule has 0 aromatic heterocycles. The number of methoxy groups -OCH3 is 2. The molecule has 1 aliphatic rings. The molecule has 28 heavy (non-hydrogen) atoms. The van der Waals surface area contributed by atoms with Crippen LogP contribution >= 0.6 is 0 Å². The average molecular weight is 383 g/mol. The van der Waals surface area contributed by atoms with Gasteiger partial charge >= 0.3 is 6.03 Å². The number of anilines is 1. The van der Waals surface area contributed by atoms with Crippen molar-refractivity contribution in [2.75, 3.05) is 45.3 Å². The van der Waals surface area contributed by atoms with E-state index in [9.17, 15) is 9.59 Å². The van der Waals surface area contributed by atoms with Crippen LogP contribution in [0.25, 0.3) is 0 Å². The van der Waals surface area contributed by atoms with E-state index in [-0.39, 0.29) is 18.5 Å². The minimum Gasteiger partial charge on any atom is -0.496 e. The van der Waals surface area contributed by atoms with E-state index < -0.39 is 0 Å². The number of para-hydroxylation sites is 3. The maximum atomic E-state index is 12.7. The second-order valence-electron chi connectivity index (χ2n) is 6.44. The Hall–Kier alpha value is -3.22. The predicted molar refractivity (Wildman–Crippen MR) is 107 cm³/mol. The first kappa shape index (κ1) is 19.5. The van der Waals surface area contributed by atoms with Crippen LogP contribution < -0.4 is 19.7 Å². The first-order valence-corrected chi connectivity index (χ1v) is 9.22. The summed E-state index contributed by atoms with van der Waals surface area (Å²) in [5.74, 6) is 1.27. The fraction of sp³-hybridized carbons (Fsp3) is 0.333. The first-order valence-electron chi connectivity index (χ1n) is 9.22. The van der Waals surface area contributed by atoms with E-state index >= 15 is 0 Å². The molecule has 0 unspecified atom stereocenters. The summed E-state index contributed by atoms with van der Waals surface area (Å²) in [5, 5.41) is 2.88. The Morgan fingerprint density at radius 3 is 2.43 bits per heavy atom. The highest BCUT2D eigenvalue weighted by molar-refractivity contribution is 5.97. The minimum absolute atomic E-state index is 0.0381. The lowest BCUT2D eigenvalue weighted by molar-refractivity contribution is -0.121. The van der Waals surface area contributed by atoms with Gasteiger partial charge in [-0.15, -0.1) is 0 Å². The lowest BCUT2D eigenvalue weighted by Gasteiger charge is -2.20. The van der Waals surface area contributed by atoms with E-state index in [1.54, 1.807) is 24.0 Å². The summed E-state index contributed by atoms with van der Waals surface area (Å²) in [4.78, 5) is 28.2. The van der Waals surface area contributed by atoms with Crippen LogP contribution in [0.2, 0.25) is 0 Å². The molecule has 1 heterocycles.